The molecule has 2 aliphatic rings. The lowest BCUT2D eigenvalue weighted by atomic mass is 9.74. The van der Waals surface area contributed by atoms with Gasteiger partial charge in [-0.3, -0.25) is 4.79 Å². The summed E-state index contributed by atoms with van der Waals surface area (Å²) >= 11 is 5.70. The zero-order chi connectivity index (χ0) is 6.43. The summed E-state index contributed by atoms with van der Waals surface area (Å²) in [4.78, 5) is 10.9. The normalized spacial score (nSPS) is 46.8. The number of halogens is 1. The molecule has 2 aliphatic carbocycles. The molecule has 1 saturated carbocycles. The van der Waals surface area contributed by atoms with Crippen LogP contribution in [0.25, 0.3) is 0 Å². The number of fused-ring (bicyclic) bond motifs is 1. The van der Waals surface area contributed by atoms with Crippen LogP contribution in [0.3, 0.4) is 0 Å². The van der Waals surface area contributed by atoms with Gasteiger partial charge in [0.05, 0.1) is 5.38 Å². The molecule has 3 atom stereocenters. The summed E-state index contributed by atoms with van der Waals surface area (Å²) in [7, 11) is 0. The van der Waals surface area contributed by atoms with Gasteiger partial charge in [-0.15, -0.1) is 11.6 Å². The van der Waals surface area contributed by atoms with Crippen LogP contribution in [0.15, 0.2) is 12.2 Å². The number of allylic oxidation sites excluding steroid dienone is 2. The highest BCUT2D eigenvalue weighted by molar-refractivity contribution is 6.34. The monoisotopic (exact) mass is 142 g/mol. The van der Waals surface area contributed by atoms with Crippen LogP contribution < -0.4 is 0 Å². The lowest BCUT2D eigenvalue weighted by molar-refractivity contribution is -0.130. The molecule has 0 aromatic rings. The Morgan fingerprint density at radius 1 is 1.67 bits per heavy atom. The van der Waals surface area contributed by atoms with Crippen LogP contribution in [0, 0.1) is 11.8 Å². The summed E-state index contributed by atoms with van der Waals surface area (Å²) < 4.78 is 0. The van der Waals surface area contributed by atoms with Gasteiger partial charge >= 0.3 is 0 Å². The van der Waals surface area contributed by atoms with Crippen molar-refractivity contribution in [3.8, 4) is 0 Å². The fourth-order valence-corrected chi connectivity index (χ4v) is 1.98. The minimum atomic E-state index is -0.200. The van der Waals surface area contributed by atoms with E-state index in [2.05, 4.69) is 12.2 Å². The molecular weight excluding hydrogens is 136 g/mol. The molecule has 0 aromatic carbocycles. The van der Waals surface area contributed by atoms with Crippen LogP contribution in [0.1, 0.15) is 6.42 Å². The fourth-order valence-electron chi connectivity index (χ4n) is 1.56. The Labute approximate surface area is 58.7 Å². The smallest absolute Gasteiger partial charge is 0.155 e. The Bertz CT molecular complexity index is 185. The average Bonchev–Trinajstić information content (AvgIpc) is 2.30. The molecule has 0 aromatic heterocycles. The predicted molar refractivity (Wildman–Crippen MR) is 35.4 cm³/mol. The van der Waals surface area contributed by atoms with Gasteiger partial charge in [0.25, 0.3) is 0 Å². The van der Waals surface area contributed by atoms with Crippen LogP contribution in [-0.2, 0) is 4.79 Å². The van der Waals surface area contributed by atoms with Gasteiger partial charge in [0, 0.05) is 11.8 Å². The number of alkyl halides is 1. The van der Waals surface area contributed by atoms with E-state index in [9.17, 15) is 4.79 Å². The van der Waals surface area contributed by atoms with E-state index >= 15 is 0 Å². The summed E-state index contributed by atoms with van der Waals surface area (Å²) in [5.41, 5.74) is 0. The first kappa shape index (κ1) is 5.48. The summed E-state index contributed by atoms with van der Waals surface area (Å²) in [6.07, 6.45) is 5.03. The molecule has 0 spiro atoms. The lowest BCUT2D eigenvalue weighted by Crippen LogP contribution is -2.45. The van der Waals surface area contributed by atoms with Crippen LogP contribution in [0.2, 0.25) is 0 Å². The molecule has 0 N–H and O–H groups in total. The second-order valence-corrected chi connectivity index (χ2v) is 3.12. The van der Waals surface area contributed by atoms with Crippen LogP contribution in [0.5, 0.6) is 0 Å². The number of carbonyl (C=O) groups excluding carboxylic acids is 1. The molecule has 0 heterocycles. The van der Waals surface area contributed by atoms with E-state index in [4.69, 9.17) is 11.6 Å². The summed E-state index contributed by atoms with van der Waals surface area (Å²) in [6.45, 7) is 0. The van der Waals surface area contributed by atoms with Gasteiger partial charge in [0.2, 0.25) is 0 Å². The maximum atomic E-state index is 10.9. The van der Waals surface area contributed by atoms with E-state index in [0.29, 0.717) is 5.92 Å². The molecular formula is C7H7ClO. The molecule has 0 radical (unpaired) electrons. The number of hydrogen-bond donors (Lipinski definition) is 0. The largest absolute Gasteiger partial charge is 0.298 e. The molecule has 3 unspecified atom stereocenters. The van der Waals surface area contributed by atoms with E-state index in [1.807, 2.05) is 0 Å². The third-order valence-corrected chi connectivity index (χ3v) is 2.69. The molecule has 2 rings (SSSR count). The van der Waals surface area contributed by atoms with E-state index in [1.54, 1.807) is 0 Å². The second kappa shape index (κ2) is 1.60. The van der Waals surface area contributed by atoms with Crippen molar-refractivity contribution in [1.82, 2.24) is 0 Å². The van der Waals surface area contributed by atoms with Gasteiger partial charge in [0.15, 0.2) is 5.78 Å². The Kier molecular flexibility index (Phi) is 0.974. The summed E-state index contributed by atoms with van der Waals surface area (Å²) in [5.74, 6) is 0.873. The zero-order valence-electron chi connectivity index (χ0n) is 4.88. The van der Waals surface area contributed by atoms with Crippen molar-refractivity contribution >= 4 is 17.4 Å². The Hall–Kier alpha value is -0.300. The highest BCUT2D eigenvalue weighted by Crippen LogP contribution is 2.42. The summed E-state index contributed by atoms with van der Waals surface area (Å²) in [5, 5.41) is -0.200. The van der Waals surface area contributed by atoms with Crippen molar-refractivity contribution in [2.24, 2.45) is 11.8 Å². The number of Topliss-reactive ketones (excluding diaryl/α,β-unsaturated/α-hetero) is 1. The topological polar surface area (TPSA) is 17.1 Å². The summed E-state index contributed by atoms with van der Waals surface area (Å²) in [6, 6.07) is 0. The molecule has 2 heteroatoms. The van der Waals surface area contributed by atoms with Crippen molar-refractivity contribution in [3.05, 3.63) is 12.2 Å². The highest BCUT2D eigenvalue weighted by atomic mass is 35.5. The zero-order valence-corrected chi connectivity index (χ0v) is 5.64. The molecule has 1 nitrogen and oxygen atoms in total. The van der Waals surface area contributed by atoms with Gasteiger partial charge in [0.1, 0.15) is 0 Å². The van der Waals surface area contributed by atoms with E-state index in [1.165, 1.54) is 0 Å². The quantitative estimate of drug-likeness (QED) is 0.369. The fraction of sp³-hybridized carbons (Fsp3) is 0.571. The average molecular weight is 143 g/mol. The first-order valence-electron chi connectivity index (χ1n) is 3.15. The third-order valence-electron chi connectivity index (χ3n) is 2.19. The van der Waals surface area contributed by atoms with Gasteiger partial charge in [-0.2, -0.15) is 0 Å². The van der Waals surface area contributed by atoms with Crippen LogP contribution in [-0.4, -0.2) is 11.2 Å². The molecule has 48 valence electrons. The number of hydrogen-bond acceptors (Lipinski definition) is 1. The number of carbonyl (C=O) groups is 1. The second-order valence-electron chi connectivity index (χ2n) is 2.65. The van der Waals surface area contributed by atoms with Gasteiger partial charge < -0.3 is 0 Å². The SMILES string of the molecule is O=C1C(Cl)C2C=CCC12. The minimum Gasteiger partial charge on any atom is -0.298 e. The molecule has 0 saturated heterocycles. The van der Waals surface area contributed by atoms with Crippen LogP contribution in [0.4, 0.5) is 0 Å². The maximum absolute atomic E-state index is 10.9. The first-order valence-corrected chi connectivity index (χ1v) is 3.59. The van der Waals surface area contributed by atoms with Crippen molar-refractivity contribution in [2.75, 3.05) is 0 Å². The van der Waals surface area contributed by atoms with Gasteiger partial charge in [-0.25, -0.2) is 0 Å². The van der Waals surface area contributed by atoms with Crippen molar-refractivity contribution in [1.29, 1.82) is 0 Å². The van der Waals surface area contributed by atoms with Crippen molar-refractivity contribution in [2.45, 2.75) is 11.8 Å². The first-order chi connectivity index (χ1) is 4.30. The van der Waals surface area contributed by atoms with Crippen molar-refractivity contribution < 1.29 is 4.79 Å². The Morgan fingerprint density at radius 2 is 2.44 bits per heavy atom. The Morgan fingerprint density at radius 3 is 3.11 bits per heavy atom. The van der Waals surface area contributed by atoms with E-state index in [-0.39, 0.29) is 17.1 Å². The van der Waals surface area contributed by atoms with Gasteiger partial charge in [-0.05, 0) is 6.42 Å². The van der Waals surface area contributed by atoms with Gasteiger partial charge in [-0.1, -0.05) is 12.2 Å². The highest BCUT2D eigenvalue weighted by Gasteiger charge is 2.48. The molecule has 1 fully saturated rings. The molecule has 0 aliphatic heterocycles. The van der Waals surface area contributed by atoms with E-state index < -0.39 is 0 Å². The minimum absolute atomic E-state index is 0.200. The standard InChI is InChI=1S/C7H7ClO/c8-6-4-2-1-3-5(4)7(6)9/h1-2,4-6H,3H2. The number of ketones is 1. The number of rotatable bonds is 0. The maximum Gasteiger partial charge on any atom is 0.155 e. The predicted octanol–water partition coefficient (Wildman–Crippen LogP) is 1.37. The molecule has 0 bridgehead atoms. The molecule has 0 amide bonds. The lowest BCUT2D eigenvalue weighted by Gasteiger charge is -2.33. The van der Waals surface area contributed by atoms with Crippen LogP contribution >= 0.6 is 11.6 Å². The molecule has 9 heavy (non-hydrogen) atoms. The third kappa shape index (κ3) is 0.531. The van der Waals surface area contributed by atoms with E-state index in [0.717, 1.165) is 6.42 Å². The van der Waals surface area contributed by atoms with Crippen molar-refractivity contribution in [3.63, 3.8) is 0 Å². The Balaban J connectivity index is 2.21.